The number of nitrogens with one attached hydrogen (secondary N) is 1. The van der Waals surface area contributed by atoms with Crippen LogP contribution in [-0.4, -0.2) is 19.8 Å². The standard InChI is InChI=1S/C11H15BrFNO/c1-8(5-6-15-2)14-11-4-3-9(13)7-10(11)12/h3-4,7-8,14H,5-6H2,1-2H3. The average Bonchev–Trinajstić information content (AvgIpc) is 2.19. The molecule has 1 atom stereocenters. The first-order chi connectivity index (χ1) is 7.13. The van der Waals surface area contributed by atoms with Crippen molar-refractivity contribution < 1.29 is 9.13 Å². The Labute approximate surface area is 98.0 Å². The van der Waals surface area contributed by atoms with Crippen LogP contribution in [0.5, 0.6) is 0 Å². The van der Waals surface area contributed by atoms with Crippen molar-refractivity contribution in [1.82, 2.24) is 0 Å². The Hall–Kier alpha value is -0.610. The summed E-state index contributed by atoms with van der Waals surface area (Å²) < 4.78 is 18.5. The zero-order valence-electron chi connectivity index (χ0n) is 8.89. The first-order valence-corrected chi connectivity index (χ1v) is 5.63. The molecule has 0 heterocycles. The van der Waals surface area contributed by atoms with Crippen molar-refractivity contribution in [3.05, 3.63) is 28.5 Å². The van der Waals surface area contributed by atoms with E-state index in [9.17, 15) is 4.39 Å². The molecule has 0 fully saturated rings. The Bertz CT molecular complexity index is 319. The SMILES string of the molecule is COCCC(C)Nc1ccc(F)cc1Br. The molecule has 15 heavy (non-hydrogen) atoms. The van der Waals surface area contributed by atoms with Gasteiger partial charge in [0.05, 0.1) is 0 Å². The third kappa shape index (κ3) is 4.18. The van der Waals surface area contributed by atoms with Crippen LogP contribution in [-0.2, 0) is 4.74 Å². The van der Waals surface area contributed by atoms with Crippen LogP contribution in [0, 0.1) is 5.82 Å². The summed E-state index contributed by atoms with van der Waals surface area (Å²) in [5.41, 5.74) is 0.903. The minimum atomic E-state index is -0.239. The van der Waals surface area contributed by atoms with E-state index in [2.05, 4.69) is 28.2 Å². The molecule has 0 spiro atoms. The van der Waals surface area contributed by atoms with E-state index in [1.165, 1.54) is 12.1 Å². The Morgan fingerprint density at radius 3 is 2.87 bits per heavy atom. The van der Waals surface area contributed by atoms with Gasteiger partial charge in [-0.3, -0.25) is 0 Å². The van der Waals surface area contributed by atoms with E-state index in [1.807, 2.05) is 0 Å². The number of benzene rings is 1. The Morgan fingerprint density at radius 2 is 2.27 bits per heavy atom. The molecular formula is C11H15BrFNO. The quantitative estimate of drug-likeness (QED) is 0.889. The molecule has 0 aliphatic rings. The second-order valence-electron chi connectivity index (χ2n) is 3.45. The second kappa shape index (κ2) is 6.08. The van der Waals surface area contributed by atoms with E-state index in [-0.39, 0.29) is 5.82 Å². The molecule has 1 N–H and O–H groups in total. The highest BCUT2D eigenvalue weighted by Gasteiger charge is 2.05. The lowest BCUT2D eigenvalue weighted by Crippen LogP contribution is -2.17. The van der Waals surface area contributed by atoms with Crippen molar-refractivity contribution >= 4 is 21.6 Å². The third-order valence-electron chi connectivity index (χ3n) is 2.09. The predicted molar refractivity (Wildman–Crippen MR) is 63.7 cm³/mol. The van der Waals surface area contributed by atoms with Gasteiger partial charge >= 0.3 is 0 Å². The molecule has 84 valence electrons. The number of ether oxygens (including phenoxy) is 1. The molecule has 2 nitrogen and oxygen atoms in total. The van der Waals surface area contributed by atoms with Crippen molar-refractivity contribution in [3.8, 4) is 0 Å². The van der Waals surface area contributed by atoms with Crippen molar-refractivity contribution in [3.63, 3.8) is 0 Å². The lowest BCUT2D eigenvalue weighted by atomic mass is 10.2. The van der Waals surface area contributed by atoms with Gasteiger partial charge < -0.3 is 10.1 Å². The maximum Gasteiger partial charge on any atom is 0.124 e. The van der Waals surface area contributed by atoms with Gasteiger partial charge in [0.25, 0.3) is 0 Å². The van der Waals surface area contributed by atoms with Crippen molar-refractivity contribution in [1.29, 1.82) is 0 Å². The van der Waals surface area contributed by atoms with Gasteiger partial charge in [-0.15, -0.1) is 0 Å². The number of halogens is 2. The number of methoxy groups -OCH3 is 1. The lowest BCUT2D eigenvalue weighted by Gasteiger charge is -2.15. The van der Waals surface area contributed by atoms with Gasteiger partial charge in [-0.05, 0) is 47.5 Å². The van der Waals surface area contributed by atoms with Gasteiger partial charge in [0.15, 0.2) is 0 Å². The highest BCUT2D eigenvalue weighted by Crippen LogP contribution is 2.23. The summed E-state index contributed by atoms with van der Waals surface area (Å²) in [6.07, 6.45) is 0.917. The molecule has 0 aliphatic carbocycles. The molecule has 0 saturated carbocycles. The largest absolute Gasteiger partial charge is 0.385 e. The van der Waals surface area contributed by atoms with Crippen molar-refractivity contribution in [2.24, 2.45) is 0 Å². The molecule has 0 aromatic heterocycles. The minimum absolute atomic E-state index is 0.239. The minimum Gasteiger partial charge on any atom is -0.385 e. The zero-order valence-corrected chi connectivity index (χ0v) is 10.5. The van der Waals surface area contributed by atoms with Crippen LogP contribution in [0.25, 0.3) is 0 Å². The summed E-state index contributed by atoms with van der Waals surface area (Å²) in [6, 6.07) is 4.91. The highest BCUT2D eigenvalue weighted by atomic mass is 79.9. The monoisotopic (exact) mass is 275 g/mol. The van der Waals surface area contributed by atoms with Crippen LogP contribution < -0.4 is 5.32 Å². The molecule has 1 aromatic rings. The number of rotatable bonds is 5. The van der Waals surface area contributed by atoms with Gasteiger partial charge in [-0.1, -0.05) is 0 Å². The Morgan fingerprint density at radius 1 is 1.53 bits per heavy atom. The second-order valence-corrected chi connectivity index (χ2v) is 4.31. The van der Waals surface area contributed by atoms with Gasteiger partial charge in [-0.25, -0.2) is 4.39 Å². The van der Waals surface area contributed by atoms with Gasteiger partial charge in [0.1, 0.15) is 5.82 Å². The van der Waals surface area contributed by atoms with E-state index < -0.39 is 0 Å². The Kier molecular flexibility index (Phi) is 5.05. The maximum atomic E-state index is 12.8. The molecule has 1 aromatic carbocycles. The number of hydrogen-bond donors (Lipinski definition) is 1. The summed E-state index contributed by atoms with van der Waals surface area (Å²) in [5, 5.41) is 3.28. The molecule has 0 bridgehead atoms. The van der Waals surface area contributed by atoms with Crippen molar-refractivity contribution in [2.75, 3.05) is 19.0 Å². The van der Waals surface area contributed by atoms with E-state index in [0.717, 1.165) is 16.6 Å². The maximum absolute atomic E-state index is 12.8. The number of anilines is 1. The molecule has 0 aliphatic heterocycles. The average molecular weight is 276 g/mol. The van der Waals surface area contributed by atoms with E-state index in [4.69, 9.17) is 4.74 Å². The summed E-state index contributed by atoms with van der Waals surface area (Å²) >= 11 is 3.31. The zero-order chi connectivity index (χ0) is 11.3. The first kappa shape index (κ1) is 12.5. The summed E-state index contributed by atoms with van der Waals surface area (Å²) in [6.45, 7) is 2.78. The summed E-state index contributed by atoms with van der Waals surface area (Å²) in [4.78, 5) is 0. The van der Waals surface area contributed by atoms with Crippen molar-refractivity contribution in [2.45, 2.75) is 19.4 Å². The van der Waals surface area contributed by atoms with E-state index in [0.29, 0.717) is 12.6 Å². The highest BCUT2D eigenvalue weighted by molar-refractivity contribution is 9.10. The topological polar surface area (TPSA) is 21.3 Å². The molecule has 0 radical (unpaired) electrons. The predicted octanol–water partition coefficient (Wildman–Crippen LogP) is 3.43. The van der Waals surface area contributed by atoms with Crippen LogP contribution in [0.3, 0.4) is 0 Å². The van der Waals surface area contributed by atoms with Crippen LogP contribution in [0.2, 0.25) is 0 Å². The molecule has 0 amide bonds. The normalized spacial score (nSPS) is 12.5. The smallest absolute Gasteiger partial charge is 0.124 e. The van der Waals surface area contributed by atoms with Crippen LogP contribution in [0.4, 0.5) is 10.1 Å². The number of hydrogen-bond acceptors (Lipinski definition) is 2. The fourth-order valence-electron chi connectivity index (χ4n) is 1.24. The first-order valence-electron chi connectivity index (χ1n) is 4.84. The summed E-state index contributed by atoms with van der Waals surface area (Å²) in [5.74, 6) is -0.239. The lowest BCUT2D eigenvalue weighted by molar-refractivity contribution is 0.191. The van der Waals surface area contributed by atoms with E-state index in [1.54, 1.807) is 13.2 Å². The van der Waals surface area contributed by atoms with Gasteiger partial charge in [0.2, 0.25) is 0 Å². The summed E-state index contributed by atoms with van der Waals surface area (Å²) in [7, 11) is 1.68. The molecule has 1 rings (SSSR count). The third-order valence-corrected chi connectivity index (χ3v) is 2.74. The van der Waals surface area contributed by atoms with Crippen LogP contribution in [0.15, 0.2) is 22.7 Å². The van der Waals surface area contributed by atoms with Crippen LogP contribution >= 0.6 is 15.9 Å². The molecular weight excluding hydrogens is 261 g/mol. The van der Waals surface area contributed by atoms with Crippen LogP contribution in [0.1, 0.15) is 13.3 Å². The fourth-order valence-corrected chi connectivity index (χ4v) is 1.70. The fraction of sp³-hybridized carbons (Fsp3) is 0.455. The molecule has 1 unspecified atom stereocenters. The van der Waals surface area contributed by atoms with E-state index >= 15 is 0 Å². The van der Waals surface area contributed by atoms with Gasteiger partial charge in [-0.2, -0.15) is 0 Å². The molecule has 0 saturated heterocycles. The molecule has 4 heteroatoms. The Balaban J connectivity index is 2.56. The van der Waals surface area contributed by atoms with Gasteiger partial charge in [0, 0.05) is 29.9 Å².